The van der Waals surface area contributed by atoms with E-state index in [1.165, 1.54) is 5.56 Å². The SMILES string of the molecule is CC(N)([CH]Cc1ccccc1)[CH]c1cc(OCCF)ccc1I. The van der Waals surface area contributed by atoms with E-state index in [0.717, 1.165) is 15.6 Å². The highest BCUT2D eigenvalue weighted by Gasteiger charge is 2.21. The van der Waals surface area contributed by atoms with Gasteiger partial charge in [0.05, 0.1) is 0 Å². The van der Waals surface area contributed by atoms with Crippen LogP contribution in [-0.4, -0.2) is 18.8 Å². The highest BCUT2D eigenvalue weighted by Crippen LogP contribution is 2.26. The number of hydrogen-bond acceptors (Lipinski definition) is 2. The van der Waals surface area contributed by atoms with Gasteiger partial charge >= 0.3 is 0 Å². The Morgan fingerprint density at radius 3 is 2.65 bits per heavy atom. The summed E-state index contributed by atoms with van der Waals surface area (Å²) in [7, 11) is 0. The number of ether oxygens (including phenoxy) is 1. The van der Waals surface area contributed by atoms with Gasteiger partial charge in [-0.05, 0) is 71.7 Å². The molecule has 1 unspecified atom stereocenters. The van der Waals surface area contributed by atoms with Crippen LogP contribution in [0, 0.1) is 16.4 Å². The molecule has 23 heavy (non-hydrogen) atoms. The number of nitrogens with two attached hydrogens (primary N) is 1. The summed E-state index contributed by atoms with van der Waals surface area (Å²) in [5, 5.41) is 0. The largest absolute Gasteiger partial charge is 0.491 e. The van der Waals surface area contributed by atoms with Gasteiger partial charge in [0.2, 0.25) is 0 Å². The average Bonchev–Trinajstić information content (AvgIpc) is 2.54. The number of alkyl halides is 1. The number of rotatable bonds is 8. The third-order valence-electron chi connectivity index (χ3n) is 3.40. The Morgan fingerprint density at radius 1 is 1.22 bits per heavy atom. The van der Waals surface area contributed by atoms with Gasteiger partial charge in [-0.1, -0.05) is 30.3 Å². The van der Waals surface area contributed by atoms with E-state index >= 15 is 0 Å². The lowest BCUT2D eigenvalue weighted by molar-refractivity contribution is 0.273. The van der Waals surface area contributed by atoms with Crippen molar-refractivity contribution in [2.45, 2.75) is 18.9 Å². The highest BCUT2D eigenvalue weighted by atomic mass is 127. The molecule has 0 saturated carbocycles. The zero-order chi connectivity index (χ0) is 16.7. The van der Waals surface area contributed by atoms with E-state index in [1.54, 1.807) is 0 Å². The minimum Gasteiger partial charge on any atom is -0.491 e. The molecule has 0 aromatic heterocycles. The van der Waals surface area contributed by atoms with E-state index in [2.05, 4.69) is 41.1 Å². The van der Waals surface area contributed by atoms with Gasteiger partial charge in [-0.25, -0.2) is 4.39 Å². The molecular weight excluding hydrogens is 404 g/mol. The molecule has 2 aromatic carbocycles. The van der Waals surface area contributed by atoms with Gasteiger partial charge in [0, 0.05) is 15.5 Å². The number of hydrogen-bond donors (Lipinski definition) is 1. The molecule has 0 bridgehead atoms. The molecule has 2 N–H and O–H groups in total. The van der Waals surface area contributed by atoms with Crippen molar-refractivity contribution < 1.29 is 9.13 Å². The summed E-state index contributed by atoms with van der Waals surface area (Å²) in [6.45, 7) is 1.55. The zero-order valence-corrected chi connectivity index (χ0v) is 15.3. The summed E-state index contributed by atoms with van der Waals surface area (Å²) in [5.74, 6) is 0.660. The first-order chi connectivity index (χ1) is 11.0. The quantitative estimate of drug-likeness (QED) is 0.639. The molecule has 1 atom stereocenters. The molecule has 2 nitrogen and oxygen atoms in total. The van der Waals surface area contributed by atoms with Gasteiger partial charge in [0.1, 0.15) is 19.0 Å². The van der Waals surface area contributed by atoms with Gasteiger partial charge in [0.25, 0.3) is 0 Å². The van der Waals surface area contributed by atoms with E-state index in [-0.39, 0.29) is 6.61 Å². The molecular formula is C19H21FINO. The number of benzene rings is 2. The van der Waals surface area contributed by atoms with Crippen LogP contribution in [0.15, 0.2) is 48.5 Å². The summed E-state index contributed by atoms with van der Waals surface area (Å²) >= 11 is 2.26. The van der Waals surface area contributed by atoms with Gasteiger partial charge in [-0.15, -0.1) is 0 Å². The van der Waals surface area contributed by atoms with Crippen molar-refractivity contribution in [2.75, 3.05) is 13.3 Å². The Balaban J connectivity index is 2.01. The molecule has 0 amide bonds. The van der Waals surface area contributed by atoms with Crippen LogP contribution < -0.4 is 10.5 Å². The van der Waals surface area contributed by atoms with Crippen molar-refractivity contribution >= 4 is 22.6 Å². The Kier molecular flexibility index (Phi) is 6.84. The van der Waals surface area contributed by atoms with Crippen molar-refractivity contribution in [2.24, 2.45) is 5.73 Å². The van der Waals surface area contributed by atoms with Gasteiger partial charge in [0.15, 0.2) is 0 Å². The van der Waals surface area contributed by atoms with Crippen LogP contribution in [0.3, 0.4) is 0 Å². The molecule has 2 radical (unpaired) electrons. The van der Waals surface area contributed by atoms with Crippen molar-refractivity contribution in [1.82, 2.24) is 0 Å². The zero-order valence-electron chi connectivity index (χ0n) is 13.1. The fourth-order valence-corrected chi connectivity index (χ4v) is 2.72. The fourth-order valence-electron chi connectivity index (χ4n) is 2.22. The summed E-state index contributed by atoms with van der Waals surface area (Å²) in [6.07, 6.45) is 4.91. The molecule has 0 aliphatic rings. The molecule has 0 aliphatic carbocycles. The predicted molar refractivity (Wildman–Crippen MR) is 101 cm³/mol. The lowest BCUT2D eigenvalue weighted by Crippen LogP contribution is -2.38. The Hall–Kier alpha value is -1.14. The first-order valence-electron chi connectivity index (χ1n) is 7.51. The Bertz CT molecular complexity index is 616. The summed E-state index contributed by atoms with van der Waals surface area (Å²) in [4.78, 5) is 0. The summed E-state index contributed by atoms with van der Waals surface area (Å²) in [6, 6.07) is 15.9. The normalized spacial score (nSPS) is 13.6. The van der Waals surface area contributed by atoms with Crippen LogP contribution >= 0.6 is 22.6 Å². The van der Waals surface area contributed by atoms with Crippen LogP contribution in [0.1, 0.15) is 18.1 Å². The van der Waals surface area contributed by atoms with Gasteiger partial charge < -0.3 is 10.5 Å². The first-order valence-corrected chi connectivity index (χ1v) is 8.59. The van der Waals surface area contributed by atoms with E-state index < -0.39 is 12.2 Å². The molecule has 122 valence electrons. The van der Waals surface area contributed by atoms with Crippen LogP contribution in [0.4, 0.5) is 4.39 Å². The maximum absolute atomic E-state index is 12.2. The molecule has 0 spiro atoms. The van der Waals surface area contributed by atoms with Crippen molar-refractivity contribution in [1.29, 1.82) is 0 Å². The summed E-state index contributed by atoms with van der Waals surface area (Å²) < 4.78 is 18.7. The van der Waals surface area contributed by atoms with Crippen LogP contribution in [0.2, 0.25) is 0 Å². The van der Waals surface area contributed by atoms with Crippen molar-refractivity contribution in [3.05, 3.63) is 76.1 Å². The minimum absolute atomic E-state index is 0.0695. The smallest absolute Gasteiger partial charge is 0.123 e. The summed E-state index contributed by atoms with van der Waals surface area (Å²) in [5.41, 5.74) is 8.08. The van der Waals surface area contributed by atoms with Gasteiger partial charge in [-0.3, -0.25) is 0 Å². The van der Waals surface area contributed by atoms with Gasteiger partial charge in [-0.2, -0.15) is 0 Å². The lowest BCUT2D eigenvalue weighted by atomic mass is 9.88. The highest BCUT2D eigenvalue weighted by molar-refractivity contribution is 14.1. The van der Waals surface area contributed by atoms with Crippen LogP contribution in [0.25, 0.3) is 0 Å². The fraction of sp³-hybridized carbons (Fsp3) is 0.263. The van der Waals surface area contributed by atoms with E-state index in [4.69, 9.17) is 10.5 Å². The second kappa shape index (κ2) is 8.64. The second-order valence-corrected chi connectivity index (χ2v) is 6.79. The van der Waals surface area contributed by atoms with Crippen LogP contribution in [-0.2, 0) is 6.42 Å². The standard InChI is InChI=1S/C19H21FINO/c1-19(22,10-9-15-5-3-2-4-6-15)14-16-13-17(23-12-11-20)7-8-18(16)21/h2-8,10,13-14H,9,11-12,22H2,1H3. The Labute approximate surface area is 151 Å². The van der Waals surface area contributed by atoms with Crippen molar-refractivity contribution in [3.8, 4) is 5.75 Å². The molecule has 4 heteroatoms. The molecule has 0 aliphatic heterocycles. The minimum atomic E-state index is -0.547. The molecule has 2 aromatic rings. The second-order valence-electron chi connectivity index (χ2n) is 5.62. The lowest BCUT2D eigenvalue weighted by Gasteiger charge is -2.25. The maximum atomic E-state index is 12.2. The average molecular weight is 425 g/mol. The first kappa shape index (κ1) is 18.2. The third-order valence-corrected chi connectivity index (χ3v) is 4.38. The van der Waals surface area contributed by atoms with E-state index in [0.29, 0.717) is 5.75 Å². The molecule has 0 heterocycles. The third kappa shape index (κ3) is 6.11. The predicted octanol–water partition coefficient (Wildman–Crippen LogP) is 4.36. The topological polar surface area (TPSA) is 35.2 Å². The van der Waals surface area contributed by atoms with Crippen molar-refractivity contribution in [3.63, 3.8) is 0 Å². The Morgan fingerprint density at radius 2 is 1.96 bits per heavy atom. The van der Waals surface area contributed by atoms with E-state index in [1.807, 2.05) is 49.7 Å². The maximum Gasteiger partial charge on any atom is 0.123 e. The number of halogens is 2. The van der Waals surface area contributed by atoms with E-state index in [9.17, 15) is 4.39 Å². The molecule has 0 saturated heterocycles. The monoisotopic (exact) mass is 425 g/mol. The molecule has 0 fully saturated rings. The van der Waals surface area contributed by atoms with Crippen LogP contribution in [0.5, 0.6) is 5.75 Å². The molecule has 2 rings (SSSR count).